The van der Waals surface area contributed by atoms with Gasteiger partial charge in [-0.3, -0.25) is 20.0 Å². The van der Waals surface area contributed by atoms with E-state index in [1.807, 2.05) is 24.3 Å². The summed E-state index contributed by atoms with van der Waals surface area (Å²) >= 11 is 9.75. The van der Waals surface area contributed by atoms with Gasteiger partial charge in [-0.1, -0.05) is 45.7 Å². The van der Waals surface area contributed by atoms with Crippen LogP contribution < -0.4 is 10.7 Å². The molecule has 6 nitrogen and oxygen atoms in total. The molecule has 2 aromatic carbocycles. The molecule has 1 aromatic heterocycles. The molecular formula is C20H14BrClN4O2. The van der Waals surface area contributed by atoms with E-state index >= 15 is 0 Å². The number of pyridine rings is 1. The van der Waals surface area contributed by atoms with Crippen LogP contribution in [-0.2, 0) is 0 Å². The van der Waals surface area contributed by atoms with E-state index in [1.165, 1.54) is 17.4 Å². The van der Waals surface area contributed by atoms with Crippen molar-refractivity contribution in [1.82, 2.24) is 15.4 Å². The second-order valence-electron chi connectivity index (χ2n) is 6.11. The second kappa shape index (κ2) is 7.61. The number of carbonyl (C=O) groups is 2. The number of hydrogen-bond acceptors (Lipinski definition) is 4. The number of hydrogen-bond donors (Lipinski definition) is 2. The van der Waals surface area contributed by atoms with Crippen molar-refractivity contribution >= 4 is 45.0 Å². The number of amides is 2. The Kier molecular flexibility index (Phi) is 5.02. The summed E-state index contributed by atoms with van der Waals surface area (Å²) in [5, 5.41) is 5.04. The number of hydrazine groups is 1. The number of anilines is 1. The molecule has 1 aliphatic heterocycles. The van der Waals surface area contributed by atoms with E-state index in [9.17, 15) is 9.59 Å². The first-order valence-electron chi connectivity index (χ1n) is 8.39. The summed E-state index contributed by atoms with van der Waals surface area (Å²) in [4.78, 5) is 29.8. The molecule has 2 amide bonds. The summed E-state index contributed by atoms with van der Waals surface area (Å²) in [5.74, 6) is -0.768. The van der Waals surface area contributed by atoms with Crippen LogP contribution in [-0.4, -0.2) is 21.8 Å². The highest BCUT2D eigenvalue weighted by atomic mass is 79.9. The maximum absolute atomic E-state index is 13.2. The molecule has 1 aliphatic rings. The zero-order valence-corrected chi connectivity index (χ0v) is 16.7. The highest BCUT2D eigenvalue weighted by Crippen LogP contribution is 2.35. The largest absolute Gasteiger partial charge is 0.359 e. The molecule has 28 heavy (non-hydrogen) atoms. The molecule has 3 aromatic rings. The van der Waals surface area contributed by atoms with Crippen molar-refractivity contribution in [1.29, 1.82) is 0 Å². The van der Waals surface area contributed by atoms with Gasteiger partial charge in [0.05, 0.1) is 5.56 Å². The molecule has 2 N–H and O–H groups in total. The van der Waals surface area contributed by atoms with Gasteiger partial charge in [-0.2, -0.15) is 0 Å². The van der Waals surface area contributed by atoms with Gasteiger partial charge in [0.25, 0.3) is 11.8 Å². The fourth-order valence-electron chi connectivity index (χ4n) is 2.98. The third-order valence-corrected chi connectivity index (χ3v) is 5.18. The molecule has 0 radical (unpaired) electrons. The number of rotatable bonds is 3. The van der Waals surface area contributed by atoms with Gasteiger partial charge in [-0.05, 0) is 36.4 Å². The average Bonchev–Trinajstić information content (AvgIpc) is 2.71. The number of fused-ring (bicyclic) bond motifs is 1. The minimum atomic E-state index is -0.666. The highest BCUT2D eigenvalue weighted by molar-refractivity contribution is 9.10. The maximum Gasteiger partial charge on any atom is 0.276 e. The first-order chi connectivity index (χ1) is 13.5. The highest BCUT2D eigenvalue weighted by Gasteiger charge is 2.35. The SMILES string of the molecule is O=C(NN1C(=O)c2cc(Br)ccc2N[C@@H]1c1ccccc1Cl)c1ccncc1. The number of aromatic nitrogens is 1. The number of nitrogens with one attached hydrogen (secondary N) is 2. The zero-order valence-electron chi connectivity index (χ0n) is 14.4. The van der Waals surface area contributed by atoms with E-state index < -0.39 is 12.1 Å². The van der Waals surface area contributed by atoms with E-state index in [1.54, 1.807) is 30.3 Å². The summed E-state index contributed by atoms with van der Waals surface area (Å²) in [6.07, 6.45) is 2.37. The second-order valence-corrected chi connectivity index (χ2v) is 7.43. The fourth-order valence-corrected chi connectivity index (χ4v) is 3.58. The Morgan fingerprint density at radius 3 is 2.64 bits per heavy atom. The van der Waals surface area contributed by atoms with E-state index in [0.717, 1.165) is 4.47 Å². The molecule has 8 heteroatoms. The van der Waals surface area contributed by atoms with Gasteiger partial charge in [-0.25, -0.2) is 5.01 Å². The maximum atomic E-state index is 13.2. The van der Waals surface area contributed by atoms with Crippen LogP contribution in [0.25, 0.3) is 0 Å². The van der Waals surface area contributed by atoms with Crippen LogP contribution in [0.4, 0.5) is 5.69 Å². The van der Waals surface area contributed by atoms with Crippen LogP contribution in [0.2, 0.25) is 5.02 Å². The molecular weight excluding hydrogens is 444 g/mol. The van der Waals surface area contributed by atoms with Crippen molar-refractivity contribution in [3.63, 3.8) is 0 Å². The van der Waals surface area contributed by atoms with Crippen LogP contribution in [0.3, 0.4) is 0 Å². The Morgan fingerprint density at radius 2 is 1.89 bits per heavy atom. The molecule has 4 rings (SSSR count). The van der Waals surface area contributed by atoms with E-state index in [-0.39, 0.29) is 5.91 Å². The van der Waals surface area contributed by atoms with Crippen LogP contribution in [0.15, 0.2) is 71.5 Å². The molecule has 0 spiro atoms. The van der Waals surface area contributed by atoms with Gasteiger partial charge in [0, 0.05) is 38.7 Å². The van der Waals surface area contributed by atoms with E-state index in [4.69, 9.17) is 11.6 Å². The molecule has 0 unspecified atom stereocenters. The summed E-state index contributed by atoms with van der Waals surface area (Å²) in [5.41, 5.74) is 4.86. The quantitative estimate of drug-likeness (QED) is 0.611. The molecule has 2 heterocycles. The molecule has 0 fully saturated rings. The average molecular weight is 458 g/mol. The smallest absolute Gasteiger partial charge is 0.276 e. The van der Waals surface area contributed by atoms with Crippen molar-refractivity contribution in [3.8, 4) is 0 Å². The van der Waals surface area contributed by atoms with Crippen molar-refractivity contribution in [2.24, 2.45) is 0 Å². The molecule has 140 valence electrons. The van der Waals surface area contributed by atoms with Gasteiger partial charge >= 0.3 is 0 Å². The lowest BCUT2D eigenvalue weighted by atomic mass is 10.0. The van der Waals surface area contributed by atoms with E-state index in [2.05, 4.69) is 31.7 Å². The third-order valence-electron chi connectivity index (χ3n) is 4.35. The first kappa shape index (κ1) is 18.5. The standard InChI is InChI=1S/C20H14BrClN4O2/c21-13-5-6-17-15(11-13)20(28)26(25-19(27)12-7-9-23-10-8-12)18(24-17)14-3-1-2-4-16(14)22/h1-11,18,24H,(H,25,27)/t18-/m0/s1. The molecule has 0 aliphatic carbocycles. The van der Waals surface area contributed by atoms with Crippen molar-refractivity contribution in [2.75, 3.05) is 5.32 Å². The predicted octanol–water partition coefficient (Wildman–Crippen LogP) is 4.41. The number of benzene rings is 2. The van der Waals surface area contributed by atoms with Crippen molar-refractivity contribution in [3.05, 3.63) is 93.2 Å². The van der Waals surface area contributed by atoms with Gasteiger partial charge < -0.3 is 5.32 Å². The summed E-state index contributed by atoms with van der Waals surface area (Å²) in [6, 6.07) is 15.7. The lowest BCUT2D eigenvalue weighted by molar-refractivity contribution is 0.0491. The van der Waals surface area contributed by atoms with Gasteiger partial charge in [0.15, 0.2) is 0 Å². The number of carbonyl (C=O) groups excluding carboxylic acids is 2. The molecule has 0 bridgehead atoms. The Bertz CT molecular complexity index is 1060. The molecule has 1 atom stereocenters. The van der Waals surface area contributed by atoms with Crippen LogP contribution in [0.1, 0.15) is 32.4 Å². The van der Waals surface area contributed by atoms with Crippen LogP contribution in [0, 0.1) is 0 Å². The lowest BCUT2D eigenvalue weighted by Gasteiger charge is -2.38. The van der Waals surface area contributed by atoms with Crippen LogP contribution in [0.5, 0.6) is 0 Å². The first-order valence-corrected chi connectivity index (χ1v) is 9.57. The predicted molar refractivity (Wildman–Crippen MR) is 110 cm³/mol. The fraction of sp³-hybridized carbons (Fsp3) is 0.0500. The minimum absolute atomic E-state index is 0.345. The van der Waals surface area contributed by atoms with Crippen LogP contribution >= 0.6 is 27.5 Å². The van der Waals surface area contributed by atoms with E-state index in [0.29, 0.717) is 27.4 Å². The number of halogens is 2. The Hall–Kier alpha value is -2.90. The topological polar surface area (TPSA) is 74.3 Å². The van der Waals surface area contributed by atoms with Crippen molar-refractivity contribution in [2.45, 2.75) is 6.17 Å². The number of nitrogens with zero attached hydrogens (tertiary/aromatic N) is 2. The molecule has 0 saturated carbocycles. The van der Waals surface area contributed by atoms with Gasteiger partial charge in [0.2, 0.25) is 0 Å². The van der Waals surface area contributed by atoms with Gasteiger partial charge in [0.1, 0.15) is 6.17 Å². The normalized spacial score (nSPS) is 15.6. The summed E-state index contributed by atoms with van der Waals surface area (Å²) in [6.45, 7) is 0. The summed E-state index contributed by atoms with van der Waals surface area (Å²) < 4.78 is 0.762. The Balaban J connectivity index is 1.76. The van der Waals surface area contributed by atoms with Gasteiger partial charge in [-0.15, -0.1) is 0 Å². The Labute approximate surface area is 174 Å². The van der Waals surface area contributed by atoms with Crippen molar-refractivity contribution < 1.29 is 9.59 Å². The molecule has 0 saturated heterocycles. The zero-order chi connectivity index (χ0) is 19.7. The summed E-state index contributed by atoms with van der Waals surface area (Å²) in [7, 11) is 0. The minimum Gasteiger partial charge on any atom is -0.359 e. The third kappa shape index (κ3) is 3.46. The lowest BCUT2D eigenvalue weighted by Crippen LogP contribution is -2.53. The monoisotopic (exact) mass is 456 g/mol. The Morgan fingerprint density at radius 1 is 1.14 bits per heavy atom.